The molecule has 0 radical (unpaired) electrons. The Bertz CT molecular complexity index is 441. The van der Waals surface area contributed by atoms with Crippen molar-refractivity contribution >= 4 is 11.7 Å². The predicted octanol–water partition coefficient (Wildman–Crippen LogP) is 1.81. The Hall–Kier alpha value is -1.71. The van der Waals surface area contributed by atoms with Gasteiger partial charge in [0.05, 0.1) is 0 Å². The standard InChI is InChI=1S/C13H16FNO2/c1-9(16)12(17)15-8-13(2,3)10-5-4-6-11(14)7-10/h4-7H,8H2,1-3H3,(H,15,17). The van der Waals surface area contributed by atoms with Crippen LogP contribution in [0.3, 0.4) is 0 Å². The fraction of sp³-hybridized carbons (Fsp3) is 0.385. The largest absolute Gasteiger partial charge is 0.349 e. The summed E-state index contributed by atoms with van der Waals surface area (Å²) in [7, 11) is 0. The Morgan fingerprint density at radius 3 is 2.53 bits per heavy atom. The number of ketones is 1. The quantitative estimate of drug-likeness (QED) is 0.812. The highest BCUT2D eigenvalue weighted by atomic mass is 19.1. The molecule has 1 rings (SSSR count). The summed E-state index contributed by atoms with van der Waals surface area (Å²) < 4.78 is 13.1. The van der Waals surface area contributed by atoms with Gasteiger partial charge < -0.3 is 5.32 Å². The van der Waals surface area contributed by atoms with Gasteiger partial charge in [0.25, 0.3) is 5.91 Å². The van der Waals surface area contributed by atoms with E-state index in [1.165, 1.54) is 19.1 Å². The van der Waals surface area contributed by atoms with Gasteiger partial charge in [-0.1, -0.05) is 26.0 Å². The number of amides is 1. The lowest BCUT2D eigenvalue weighted by atomic mass is 9.84. The van der Waals surface area contributed by atoms with Gasteiger partial charge in [-0.2, -0.15) is 0 Å². The highest BCUT2D eigenvalue weighted by Gasteiger charge is 2.22. The van der Waals surface area contributed by atoms with Crippen LogP contribution in [0.2, 0.25) is 0 Å². The van der Waals surface area contributed by atoms with Crippen molar-refractivity contribution in [1.82, 2.24) is 5.32 Å². The van der Waals surface area contributed by atoms with Crippen LogP contribution >= 0.6 is 0 Å². The van der Waals surface area contributed by atoms with E-state index in [0.717, 1.165) is 5.56 Å². The van der Waals surface area contributed by atoms with Gasteiger partial charge in [-0.25, -0.2) is 4.39 Å². The Morgan fingerprint density at radius 1 is 1.35 bits per heavy atom. The van der Waals surface area contributed by atoms with E-state index in [0.29, 0.717) is 0 Å². The highest BCUT2D eigenvalue weighted by molar-refractivity contribution is 6.35. The molecule has 0 aromatic heterocycles. The minimum atomic E-state index is -0.616. The lowest BCUT2D eigenvalue weighted by Gasteiger charge is -2.25. The molecule has 1 aromatic rings. The normalized spacial score (nSPS) is 11.1. The molecule has 17 heavy (non-hydrogen) atoms. The molecule has 1 aromatic carbocycles. The van der Waals surface area contributed by atoms with Crippen LogP contribution < -0.4 is 5.32 Å². The number of benzene rings is 1. The van der Waals surface area contributed by atoms with Gasteiger partial charge in [0, 0.05) is 18.9 Å². The first-order chi connectivity index (χ1) is 7.83. The van der Waals surface area contributed by atoms with E-state index >= 15 is 0 Å². The molecular weight excluding hydrogens is 221 g/mol. The van der Waals surface area contributed by atoms with Crippen LogP contribution in [0, 0.1) is 5.82 Å². The summed E-state index contributed by atoms with van der Waals surface area (Å²) in [5.74, 6) is -1.46. The van der Waals surface area contributed by atoms with E-state index < -0.39 is 17.1 Å². The average molecular weight is 237 g/mol. The van der Waals surface area contributed by atoms with Crippen molar-refractivity contribution in [2.75, 3.05) is 6.54 Å². The summed E-state index contributed by atoms with van der Waals surface area (Å²) in [6.45, 7) is 5.25. The first-order valence-corrected chi connectivity index (χ1v) is 5.38. The van der Waals surface area contributed by atoms with Gasteiger partial charge in [0.15, 0.2) is 0 Å². The Kier molecular flexibility index (Phi) is 3.99. The summed E-state index contributed by atoms with van der Waals surface area (Å²) >= 11 is 0. The van der Waals surface area contributed by atoms with E-state index in [-0.39, 0.29) is 12.4 Å². The number of carbonyl (C=O) groups is 2. The van der Waals surface area contributed by atoms with E-state index in [1.807, 2.05) is 13.8 Å². The zero-order valence-electron chi connectivity index (χ0n) is 10.2. The van der Waals surface area contributed by atoms with E-state index in [4.69, 9.17) is 0 Å². The maximum atomic E-state index is 13.1. The number of rotatable bonds is 4. The maximum absolute atomic E-state index is 13.1. The molecule has 4 heteroatoms. The summed E-state index contributed by atoms with van der Waals surface area (Å²) in [5.41, 5.74) is 0.356. The van der Waals surface area contributed by atoms with Gasteiger partial charge in [0.1, 0.15) is 5.82 Å². The second-order valence-corrected chi connectivity index (χ2v) is 4.63. The molecule has 3 nitrogen and oxygen atoms in total. The number of halogens is 1. The Labute approximate surface area is 100 Å². The number of carbonyl (C=O) groups excluding carboxylic acids is 2. The Morgan fingerprint density at radius 2 is 2.00 bits per heavy atom. The van der Waals surface area contributed by atoms with E-state index in [1.54, 1.807) is 12.1 Å². The van der Waals surface area contributed by atoms with Crippen LogP contribution in [0.15, 0.2) is 24.3 Å². The predicted molar refractivity (Wildman–Crippen MR) is 63.1 cm³/mol. The lowest BCUT2D eigenvalue weighted by molar-refractivity contribution is -0.136. The molecule has 92 valence electrons. The topological polar surface area (TPSA) is 46.2 Å². The first-order valence-electron chi connectivity index (χ1n) is 5.38. The van der Waals surface area contributed by atoms with Crippen molar-refractivity contribution in [3.63, 3.8) is 0 Å². The smallest absolute Gasteiger partial charge is 0.287 e. The van der Waals surface area contributed by atoms with Crippen LogP contribution in [0.1, 0.15) is 26.3 Å². The van der Waals surface area contributed by atoms with Crippen LogP contribution in [-0.2, 0) is 15.0 Å². The molecule has 0 unspecified atom stereocenters. The van der Waals surface area contributed by atoms with Crippen molar-refractivity contribution in [2.24, 2.45) is 0 Å². The third-order valence-electron chi connectivity index (χ3n) is 2.62. The minimum absolute atomic E-state index is 0.287. The number of Topliss-reactive ketones (excluding diaryl/α,β-unsaturated/α-hetero) is 1. The molecular formula is C13H16FNO2. The van der Waals surface area contributed by atoms with Gasteiger partial charge in [-0.05, 0) is 17.7 Å². The van der Waals surface area contributed by atoms with Crippen LogP contribution in [0.4, 0.5) is 4.39 Å². The average Bonchev–Trinajstić information content (AvgIpc) is 2.26. The maximum Gasteiger partial charge on any atom is 0.287 e. The van der Waals surface area contributed by atoms with Gasteiger partial charge in [0.2, 0.25) is 5.78 Å². The molecule has 0 saturated heterocycles. The molecule has 0 saturated carbocycles. The summed E-state index contributed by atoms with van der Waals surface area (Å²) in [6, 6.07) is 6.22. The Balaban J connectivity index is 2.75. The second kappa shape index (κ2) is 5.08. The highest BCUT2D eigenvalue weighted by Crippen LogP contribution is 2.22. The summed E-state index contributed by atoms with van der Waals surface area (Å²) in [6.07, 6.45) is 0. The van der Waals surface area contributed by atoms with Gasteiger partial charge in [-0.15, -0.1) is 0 Å². The second-order valence-electron chi connectivity index (χ2n) is 4.63. The van der Waals surface area contributed by atoms with Crippen molar-refractivity contribution in [3.05, 3.63) is 35.6 Å². The van der Waals surface area contributed by atoms with E-state index in [2.05, 4.69) is 5.32 Å². The molecule has 0 spiro atoms. The molecule has 0 aliphatic rings. The number of nitrogens with one attached hydrogen (secondary N) is 1. The van der Waals surface area contributed by atoms with Crippen LogP contribution in [-0.4, -0.2) is 18.2 Å². The molecule has 0 aliphatic heterocycles. The molecule has 0 fully saturated rings. The summed E-state index contributed by atoms with van der Waals surface area (Å²) in [4.78, 5) is 21.9. The number of hydrogen-bond acceptors (Lipinski definition) is 2. The molecule has 0 aliphatic carbocycles. The fourth-order valence-corrected chi connectivity index (χ4v) is 1.44. The molecule has 0 heterocycles. The van der Waals surface area contributed by atoms with E-state index in [9.17, 15) is 14.0 Å². The van der Waals surface area contributed by atoms with Gasteiger partial charge in [-0.3, -0.25) is 9.59 Å². The van der Waals surface area contributed by atoms with Crippen LogP contribution in [0.25, 0.3) is 0 Å². The summed E-state index contributed by atoms with van der Waals surface area (Å²) in [5, 5.41) is 2.53. The zero-order valence-corrected chi connectivity index (χ0v) is 10.2. The minimum Gasteiger partial charge on any atom is -0.349 e. The monoisotopic (exact) mass is 237 g/mol. The molecule has 1 N–H and O–H groups in total. The molecule has 0 bridgehead atoms. The number of hydrogen-bond donors (Lipinski definition) is 1. The molecule has 1 amide bonds. The fourth-order valence-electron chi connectivity index (χ4n) is 1.44. The third-order valence-corrected chi connectivity index (χ3v) is 2.62. The molecule has 0 atom stereocenters. The SMILES string of the molecule is CC(=O)C(=O)NCC(C)(C)c1cccc(F)c1. The van der Waals surface area contributed by atoms with Crippen molar-refractivity contribution < 1.29 is 14.0 Å². The van der Waals surface area contributed by atoms with Crippen molar-refractivity contribution in [2.45, 2.75) is 26.2 Å². The first kappa shape index (κ1) is 13.4. The van der Waals surface area contributed by atoms with Crippen molar-refractivity contribution in [3.8, 4) is 0 Å². The van der Waals surface area contributed by atoms with Crippen LogP contribution in [0.5, 0.6) is 0 Å². The van der Waals surface area contributed by atoms with Gasteiger partial charge >= 0.3 is 0 Å². The zero-order chi connectivity index (χ0) is 13.1. The third kappa shape index (κ3) is 3.66. The lowest BCUT2D eigenvalue weighted by Crippen LogP contribution is -2.39. The van der Waals surface area contributed by atoms with Crippen molar-refractivity contribution in [1.29, 1.82) is 0 Å².